The van der Waals surface area contributed by atoms with Crippen molar-refractivity contribution in [1.29, 1.82) is 0 Å². The van der Waals surface area contributed by atoms with Crippen LogP contribution in [0.25, 0.3) is 22.5 Å². The number of aryl methyl sites for hydroxylation is 1. The summed E-state index contributed by atoms with van der Waals surface area (Å²) in [6.07, 6.45) is 4.40. The van der Waals surface area contributed by atoms with Crippen molar-refractivity contribution in [2.75, 3.05) is 20.2 Å². The number of carboxylic acids is 1. The molecule has 4 aliphatic rings. The Hall–Kier alpha value is -6.95. The molecule has 0 saturated carbocycles. The molecular formula is C45H53N11O7. The van der Waals surface area contributed by atoms with Gasteiger partial charge in [-0.2, -0.15) is 0 Å². The number of rotatable bonds is 8. The van der Waals surface area contributed by atoms with Gasteiger partial charge < -0.3 is 36.0 Å². The van der Waals surface area contributed by atoms with Crippen molar-refractivity contribution in [2.45, 2.75) is 89.3 Å². The van der Waals surface area contributed by atoms with E-state index >= 15 is 0 Å². The smallest absolute Gasteiger partial charge is 0.326 e. The predicted octanol–water partition coefficient (Wildman–Crippen LogP) is 2.42. The number of likely N-dealkylation sites (tertiary alicyclic amines) is 1. The fourth-order valence-electron chi connectivity index (χ4n) is 7.71. The summed E-state index contributed by atoms with van der Waals surface area (Å²) in [5.74, 6) is -3.18. The Morgan fingerprint density at radius 2 is 1.56 bits per heavy atom. The Bertz CT molecular complexity index is 2380. The highest BCUT2D eigenvalue weighted by molar-refractivity contribution is 5.96. The quantitative estimate of drug-likeness (QED) is 0.152. The summed E-state index contributed by atoms with van der Waals surface area (Å²) in [7, 11) is 1.64. The number of nitrogens with zero attached hydrogens (tertiary/aromatic N) is 7. The van der Waals surface area contributed by atoms with Crippen LogP contribution in [0.1, 0.15) is 50.8 Å². The van der Waals surface area contributed by atoms with Gasteiger partial charge in [-0.25, -0.2) is 9.48 Å². The van der Waals surface area contributed by atoms with Gasteiger partial charge >= 0.3 is 5.97 Å². The van der Waals surface area contributed by atoms with Gasteiger partial charge in [0.25, 0.3) is 0 Å². The highest BCUT2D eigenvalue weighted by Gasteiger charge is 2.45. The van der Waals surface area contributed by atoms with Gasteiger partial charge in [-0.3, -0.25) is 23.9 Å². The number of aliphatic carboxylic acids is 1. The molecule has 0 radical (unpaired) electrons. The molecule has 0 spiro atoms. The standard InChI is InChI=1S/C45H53N11O7/c1-27(2)40(49-41(57)28(3)46-4)44(60)55-24-33-23-39(55)43(59)47-35(21-29-9-6-5-7-10-29)42(58)48-36(45(61)62)22-30-11-17-34(18-12-30)63-20-8-19-54-25-37(50-52-54)31-13-15-32(16-14-31)38-26-56(33)53-51-38/h5-7,9-18,25-28,33,35-36,39-40,46H,8,19-24H2,1-4H3,(H,47,59)(H,48,58)(H,49,57)(H,61,62)/t28-,33-,35-,36-,39-,40-/m0/s1. The average Bonchev–Trinajstić information content (AvgIpc) is 4.07. The first-order valence-corrected chi connectivity index (χ1v) is 21.2. The number of hydrogen-bond donors (Lipinski definition) is 5. The Labute approximate surface area is 364 Å². The second kappa shape index (κ2) is 19.8. The monoisotopic (exact) mass is 859 g/mol. The van der Waals surface area contributed by atoms with Crippen molar-refractivity contribution in [3.05, 3.63) is 102 Å². The van der Waals surface area contributed by atoms with Crippen molar-refractivity contribution < 1.29 is 33.8 Å². The number of nitrogens with one attached hydrogen (secondary N) is 4. The van der Waals surface area contributed by atoms with E-state index in [4.69, 9.17) is 4.74 Å². The van der Waals surface area contributed by atoms with Crippen LogP contribution in [-0.4, -0.2) is 120 Å². The van der Waals surface area contributed by atoms with Gasteiger partial charge in [0, 0.05) is 49.9 Å². The summed E-state index contributed by atoms with van der Waals surface area (Å²) < 4.78 is 9.33. The Morgan fingerprint density at radius 3 is 2.22 bits per heavy atom. The van der Waals surface area contributed by atoms with Crippen molar-refractivity contribution in [3.8, 4) is 28.3 Å². The molecule has 63 heavy (non-hydrogen) atoms. The maximum Gasteiger partial charge on any atom is 0.326 e. The molecule has 10 bridgehead atoms. The van der Waals surface area contributed by atoms with Crippen molar-refractivity contribution in [2.24, 2.45) is 5.92 Å². The first-order chi connectivity index (χ1) is 30.4. The maximum absolute atomic E-state index is 14.6. The number of carbonyl (C=O) groups is 5. The van der Waals surface area contributed by atoms with E-state index in [1.54, 1.807) is 78.1 Å². The van der Waals surface area contributed by atoms with Gasteiger partial charge in [0.15, 0.2) is 0 Å². The highest BCUT2D eigenvalue weighted by Crippen LogP contribution is 2.31. The Morgan fingerprint density at radius 1 is 0.873 bits per heavy atom. The van der Waals surface area contributed by atoms with Crippen LogP contribution in [0.5, 0.6) is 5.75 Å². The number of carbonyl (C=O) groups excluding carboxylic acids is 4. The lowest BCUT2D eigenvalue weighted by Gasteiger charge is -2.31. The minimum atomic E-state index is -1.33. The zero-order chi connectivity index (χ0) is 44.6. The number of fused-ring (bicyclic) bond motifs is 2. The van der Waals surface area contributed by atoms with Crippen LogP contribution in [-0.2, 0) is 43.4 Å². The van der Waals surface area contributed by atoms with Crippen LogP contribution in [0.2, 0.25) is 0 Å². The second-order valence-corrected chi connectivity index (χ2v) is 16.4. The molecule has 4 aliphatic heterocycles. The van der Waals surface area contributed by atoms with Crippen molar-refractivity contribution in [3.63, 3.8) is 0 Å². The lowest BCUT2D eigenvalue weighted by Crippen LogP contribution is -2.59. The molecule has 0 unspecified atom stereocenters. The fourth-order valence-corrected chi connectivity index (χ4v) is 7.71. The third kappa shape index (κ3) is 10.7. The zero-order valence-electron chi connectivity index (χ0n) is 35.7. The summed E-state index contributed by atoms with van der Waals surface area (Å²) in [6, 6.07) is 18.0. The van der Waals surface area contributed by atoms with E-state index in [9.17, 15) is 29.1 Å². The van der Waals surface area contributed by atoms with E-state index in [0.717, 1.165) is 16.7 Å². The van der Waals surface area contributed by atoms with Crippen molar-refractivity contribution in [1.82, 2.24) is 56.2 Å². The number of benzene rings is 3. The lowest BCUT2D eigenvalue weighted by atomic mass is 10.0. The number of aromatic nitrogens is 6. The second-order valence-electron chi connectivity index (χ2n) is 16.4. The molecule has 18 heteroatoms. The molecule has 6 atom stereocenters. The maximum atomic E-state index is 14.6. The molecule has 2 aromatic heterocycles. The van der Waals surface area contributed by atoms with Gasteiger partial charge in [0.2, 0.25) is 23.6 Å². The SMILES string of the molecule is CN[C@@H](C)C(=O)N[C@H](C(=O)N1C[C@@H]2C[C@H]1C(=O)N[C@@H](Cc1ccccc1)C(=O)N[C@H](C(=O)O)Cc1ccc(cc1)OCCCn1cc(nn1)-c1ccc(cc1)-c1cn2nn1)C(C)C. The number of carboxylic acid groups (broad SMARTS) is 1. The third-order valence-electron chi connectivity index (χ3n) is 11.5. The van der Waals surface area contributed by atoms with E-state index in [0.29, 0.717) is 42.3 Å². The molecule has 1 fully saturated rings. The van der Waals surface area contributed by atoms with Crippen LogP contribution in [0.15, 0.2) is 91.3 Å². The zero-order valence-corrected chi connectivity index (χ0v) is 35.7. The molecule has 6 heterocycles. The van der Waals surface area contributed by atoms with Gasteiger partial charge in [0.05, 0.1) is 31.1 Å². The molecule has 330 valence electrons. The van der Waals surface area contributed by atoms with E-state index in [-0.39, 0.29) is 37.6 Å². The van der Waals surface area contributed by atoms with Crippen LogP contribution < -0.4 is 26.0 Å². The van der Waals surface area contributed by atoms with Gasteiger partial charge in [0.1, 0.15) is 41.3 Å². The lowest BCUT2D eigenvalue weighted by molar-refractivity contribution is -0.144. The molecule has 9 rings (SSSR count). The van der Waals surface area contributed by atoms with Gasteiger partial charge in [-0.1, -0.05) is 91.0 Å². The van der Waals surface area contributed by atoms with Crippen LogP contribution in [0.3, 0.4) is 0 Å². The number of likely N-dealkylation sites (N-methyl/N-ethyl adjacent to an activating group) is 1. The molecule has 0 aliphatic carbocycles. The van der Waals surface area contributed by atoms with E-state index in [1.807, 2.05) is 50.4 Å². The number of hydrogen-bond acceptors (Lipinski definition) is 11. The summed E-state index contributed by atoms with van der Waals surface area (Å²) in [6.45, 7) is 6.33. The van der Waals surface area contributed by atoms with Crippen LogP contribution in [0.4, 0.5) is 0 Å². The summed E-state index contributed by atoms with van der Waals surface area (Å²) >= 11 is 0. The topological polar surface area (TPSA) is 228 Å². The van der Waals surface area contributed by atoms with E-state index < -0.39 is 59.9 Å². The minimum Gasteiger partial charge on any atom is -0.494 e. The predicted molar refractivity (Wildman–Crippen MR) is 231 cm³/mol. The molecule has 5 N–H and O–H groups in total. The first kappa shape index (κ1) is 44.1. The van der Waals surface area contributed by atoms with Gasteiger partial charge in [-0.15, -0.1) is 10.2 Å². The van der Waals surface area contributed by atoms with E-state index in [2.05, 4.69) is 41.9 Å². The summed E-state index contributed by atoms with van der Waals surface area (Å²) in [4.78, 5) is 70.5. The Kier molecular flexibility index (Phi) is 13.9. The molecule has 3 aromatic carbocycles. The van der Waals surface area contributed by atoms with Gasteiger partial charge in [-0.05, 0) is 43.1 Å². The number of ether oxygens (including phenoxy) is 1. The minimum absolute atomic E-state index is 0.0362. The first-order valence-electron chi connectivity index (χ1n) is 21.2. The average molecular weight is 860 g/mol. The molecule has 1 saturated heterocycles. The normalized spacial score (nSPS) is 20.5. The molecular weight excluding hydrogens is 807 g/mol. The fraction of sp³-hybridized carbons (Fsp3) is 0.400. The summed E-state index contributed by atoms with van der Waals surface area (Å²) in [5, 5.41) is 39.1. The summed E-state index contributed by atoms with van der Waals surface area (Å²) in [5.41, 5.74) is 4.28. The van der Waals surface area contributed by atoms with E-state index in [1.165, 1.54) is 4.90 Å². The molecule has 5 aromatic rings. The molecule has 4 amide bonds. The van der Waals surface area contributed by atoms with Crippen LogP contribution >= 0.6 is 0 Å². The van der Waals surface area contributed by atoms with Crippen LogP contribution in [0, 0.1) is 5.92 Å². The number of amides is 4. The van der Waals surface area contributed by atoms with Crippen molar-refractivity contribution >= 4 is 29.6 Å². The molecule has 18 nitrogen and oxygen atoms in total. The largest absolute Gasteiger partial charge is 0.494 e. The highest BCUT2D eigenvalue weighted by atomic mass is 16.5. The Balaban J connectivity index is 1.23. The third-order valence-corrected chi connectivity index (χ3v) is 11.5.